The number of amides is 1. The molecular formula is C27H33N5O3S. The number of piperazine rings is 1. The highest BCUT2D eigenvalue weighted by Gasteiger charge is 2.25. The lowest BCUT2D eigenvalue weighted by Crippen LogP contribution is -2.48. The largest absolute Gasteiger partial charge is 0.300 e. The first-order valence-electron chi connectivity index (χ1n) is 12.1. The zero-order valence-corrected chi connectivity index (χ0v) is 21.1. The molecule has 0 aliphatic carbocycles. The fourth-order valence-electron chi connectivity index (χ4n) is 4.32. The molecule has 0 bridgehead atoms. The van der Waals surface area contributed by atoms with Gasteiger partial charge < -0.3 is 0 Å². The van der Waals surface area contributed by atoms with E-state index in [4.69, 9.17) is 5.84 Å². The van der Waals surface area contributed by atoms with E-state index in [0.717, 1.165) is 38.3 Å². The molecule has 9 heteroatoms. The van der Waals surface area contributed by atoms with Crippen LogP contribution in [0, 0.1) is 0 Å². The van der Waals surface area contributed by atoms with Gasteiger partial charge in [-0.3, -0.25) is 24.3 Å². The number of carbonyl (C=O) groups is 1. The zero-order valence-electron chi connectivity index (χ0n) is 20.3. The van der Waals surface area contributed by atoms with E-state index in [-0.39, 0.29) is 12.3 Å². The Morgan fingerprint density at radius 3 is 2.00 bits per heavy atom. The summed E-state index contributed by atoms with van der Waals surface area (Å²) < 4.78 is 28.5. The number of para-hydroxylation sites is 1. The fourth-order valence-corrected chi connectivity index (χ4v) is 5.82. The molecule has 0 atom stereocenters. The van der Waals surface area contributed by atoms with Crippen molar-refractivity contribution in [1.29, 1.82) is 0 Å². The Morgan fingerprint density at radius 1 is 0.806 bits per heavy atom. The highest BCUT2D eigenvalue weighted by atomic mass is 32.2. The number of benzene rings is 3. The van der Waals surface area contributed by atoms with Crippen molar-refractivity contribution < 1.29 is 13.2 Å². The molecule has 8 nitrogen and oxygen atoms in total. The highest BCUT2D eigenvalue weighted by molar-refractivity contribution is 7.92. The van der Waals surface area contributed by atoms with Crippen molar-refractivity contribution in [3.63, 3.8) is 0 Å². The number of hydrogen-bond acceptors (Lipinski definition) is 6. The van der Waals surface area contributed by atoms with E-state index >= 15 is 0 Å². The van der Waals surface area contributed by atoms with Crippen LogP contribution in [-0.4, -0.2) is 62.6 Å². The average molecular weight is 508 g/mol. The van der Waals surface area contributed by atoms with Crippen molar-refractivity contribution in [2.45, 2.75) is 13.1 Å². The molecule has 36 heavy (non-hydrogen) atoms. The molecule has 3 N–H and O–H groups in total. The molecule has 0 aromatic heterocycles. The molecule has 0 unspecified atom stereocenters. The van der Waals surface area contributed by atoms with E-state index in [2.05, 4.69) is 39.5 Å². The van der Waals surface area contributed by atoms with Gasteiger partial charge in [-0.1, -0.05) is 60.7 Å². The number of hydrazine groups is 1. The van der Waals surface area contributed by atoms with Gasteiger partial charge in [-0.15, -0.1) is 0 Å². The quantitative estimate of drug-likeness (QED) is 0.249. The summed E-state index contributed by atoms with van der Waals surface area (Å²) in [7, 11) is -3.59. The summed E-state index contributed by atoms with van der Waals surface area (Å²) in [5, 5.41) is 0. The van der Waals surface area contributed by atoms with Gasteiger partial charge >= 0.3 is 0 Å². The molecule has 0 radical (unpaired) electrons. The minimum Gasteiger partial charge on any atom is -0.300 e. The van der Waals surface area contributed by atoms with Crippen molar-refractivity contribution in [3.05, 3.63) is 102 Å². The average Bonchev–Trinajstić information content (AvgIpc) is 2.92. The first-order valence-corrected chi connectivity index (χ1v) is 13.7. The first kappa shape index (κ1) is 25.8. The van der Waals surface area contributed by atoms with Crippen LogP contribution < -0.4 is 15.6 Å². The lowest BCUT2D eigenvalue weighted by molar-refractivity contribution is 0.0953. The normalized spacial score (nSPS) is 14.9. The van der Waals surface area contributed by atoms with Crippen LogP contribution >= 0.6 is 0 Å². The summed E-state index contributed by atoms with van der Waals surface area (Å²) in [6.07, 6.45) is 0. The first-order chi connectivity index (χ1) is 17.4. The van der Waals surface area contributed by atoms with Crippen LogP contribution in [0.3, 0.4) is 0 Å². The number of nitrogens with one attached hydrogen (secondary N) is 1. The Morgan fingerprint density at radius 2 is 1.39 bits per heavy atom. The topological polar surface area (TPSA) is 99.0 Å². The minimum atomic E-state index is -3.59. The fraction of sp³-hybridized carbons (Fsp3) is 0.296. The summed E-state index contributed by atoms with van der Waals surface area (Å²) in [6.45, 7) is 5.11. The number of nitrogen functional groups attached to an aromatic ring is 1. The maximum Gasteiger partial charge on any atom is 0.265 e. The Kier molecular flexibility index (Phi) is 8.71. The Labute approximate surface area is 213 Å². The number of hydrogen-bond donors (Lipinski definition) is 2. The van der Waals surface area contributed by atoms with Crippen molar-refractivity contribution >= 4 is 21.6 Å². The molecule has 3 aromatic carbocycles. The van der Waals surface area contributed by atoms with Crippen LogP contribution in [0.15, 0.2) is 84.9 Å². The predicted octanol–water partition coefficient (Wildman–Crippen LogP) is 2.44. The van der Waals surface area contributed by atoms with Gasteiger partial charge in [0.25, 0.3) is 5.91 Å². The maximum atomic E-state index is 13.5. The highest BCUT2D eigenvalue weighted by Crippen LogP contribution is 2.22. The molecule has 0 saturated carbocycles. The third-order valence-corrected chi connectivity index (χ3v) is 8.14. The van der Waals surface area contributed by atoms with Gasteiger partial charge in [-0.05, 0) is 35.4 Å². The van der Waals surface area contributed by atoms with Crippen LogP contribution in [0.1, 0.15) is 21.5 Å². The van der Waals surface area contributed by atoms with Crippen LogP contribution in [0.5, 0.6) is 0 Å². The number of anilines is 1. The van der Waals surface area contributed by atoms with Crippen LogP contribution in [0.25, 0.3) is 0 Å². The molecule has 190 valence electrons. The number of sulfonamides is 1. The smallest absolute Gasteiger partial charge is 0.265 e. The lowest BCUT2D eigenvalue weighted by atomic mass is 10.1. The number of nitrogens with zero attached hydrogens (tertiary/aromatic N) is 3. The second-order valence-corrected chi connectivity index (χ2v) is 10.9. The number of carbonyl (C=O) groups excluding carboxylic acids is 1. The van der Waals surface area contributed by atoms with E-state index < -0.39 is 15.9 Å². The molecule has 1 heterocycles. The molecule has 1 saturated heterocycles. The Balaban J connectivity index is 1.38. The van der Waals surface area contributed by atoms with Gasteiger partial charge in [-0.25, -0.2) is 14.3 Å². The Bertz CT molecular complexity index is 1210. The van der Waals surface area contributed by atoms with Crippen molar-refractivity contribution in [1.82, 2.24) is 15.2 Å². The second kappa shape index (κ2) is 12.1. The standard InChI is InChI=1S/C27H33N5O3S/c28-29-27(33)25-13-11-24(12-14-25)22-32(26-9-5-2-6-10-26)36(34,35)20-19-30-15-17-31(18-16-30)21-23-7-3-1-4-8-23/h1-14H,15-22,28H2,(H,29,33). The summed E-state index contributed by atoms with van der Waals surface area (Å²) in [5.74, 6) is 4.84. The molecule has 1 aliphatic heterocycles. The van der Waals surface area contributed by atoms with Crippen molar-refractivity contribution in [2.24, 2.45) is 5.84 Å². The van der Waals surface area contributed by atoms with Gasteiger partial charge in [0.2, 0.25) is 10.0 Å². The Hall–Kier alpha value is -3.24. The van der Waals surface area contributed by atoms with Gasteiger partial charge in [0.05, 0.1) is 18.0 Å². The maximum absolute atomic E-state index is 13.5. The lowest BCUT2D eigenvalue weighted by Gasteiger charge is -2.35. The van der Waals surface area contributed by atoms with E-state index in [9.17, 15) is 13.2 Å². The third-order valence-electron chi connectivity index (χ3n) is 6.43. The molecular weight excluding hydrogens is 474 g/mol. The van der Waals surface area contributed by atoms with Crippen molar-refractivity contribution in [2.75, 3.05) is 42.8 Å². The molecule has 1 amide bonds. The molecule has 0 spiro atoms. The van der Waals surface area contributed by atoms with Crippen molar-refractivity contribution in [3.8, 4) is 0 Å². The van der Waals surface area contributed by atoms with Crippen LogP contribution in [0.2, 0.25) is 0 Å². The molecule has 3 aromatic rings. The SMILES string of the molecule is NNC(=O)c1ccc(CN(c2ccccc2)S(=O)(=O)CCN2CCN(Cc3ccccc3)CC2)cc1. The minimum absolute atomic E-state index is 0.0360. The van der Waals surface area contributed by atoms with E-state index in [1.165, 1.54) is 9.87 Å². The number of nitrogens with two attached hydrogens (primary N) is 1. The molecule has 1 aliphatic rings. The van der Waals surface area contributed by atoms with Crippen LogP contribution in [0.4, 0.5) is 5.69 Å². The molecule has 1 fully saturated rings. The zero-order chi connectivity index (χ0) is 25.4. The summed E-state index contributed by atoms with van der Waals surface area (Å²) in [6, 6.07) is 26.3. The third kappa shape index (κ3) is 6.92. The predicted molar refractivity (Wildman–Crippen MR) is 143 cm³/mol. The second-order valence-electron chi connectivity index (χ2n) is 8.93. The van der Waals surface area contributed by atoms with Gasteiger partial charge in [0.1, 0.15) is 0 Å². The monoisotopic (exact) mass is 507 g/mol. The van der Waals surface area contributed by atoms with Gasteiger partial charge in [0, 0.05) is 44.8 Å². The van der Waals surface area contributed by atoms with E-state index in [1.54, 1.807) is 36.4 Å². The number of rotatable bonds is 10. The summed E-state index contributed by atoms with van der Waals surface area (Å²) >= 11 is 0. The van der Waals surface area contributed by atoms with E-state index in [0.29, 0.717) is 17.8 Å². The van der Waals surface area contributed by atoms with Gasteiger partial charge in [-0.2, -0.15) is 0 Å². The van der Waals surface area contributed by atoms with E-state index in [1.807, 2.05) is 24.3 Å². The van der Waals surface area contributed by atoms with Gasteiger partial charge in [0.15, 0.2) is 0 Å². The summed E-state index contributed by atoms with van der Waals surface area (Å²) in [4.78, 5) is 16.4. The van der Waals surface area contributed by atoms with Crippen LogP contribution in [-0.2, 0) is 23.1 Å². The molecule has 4 rings (SSSR count). The summed E-state index contributed by atoms with van der Waals surface area (Å²) in [5.41, 5.74) is 5.22.